The summed E-state index contributed by atoms with van der Waals surface area (Å²) in [5.41, 5.74) is 0. The van der Waals surface area contributed by atoms with Gasteiger partial charge in [0.15, 0.2) is 0 Å². The molecule has 0 N–H and O–H groups in total. The summed E-state index contributed by atoms with van der Waals surface area (Å²) in [5, 5.41) is 0. The molecule has 2 nitrogen and oxygen atoms in total. The zero-order chi connectivity index (χ0) is 15.2. The molecular weight excluding hydrogens is 252 g/mol. The fourth-order valence-corrected chi connectivity index (χ4v) is 0.383. The first-order chi connectivity index (χ1) is 8.14. The second kappa shape index (κ2) is 13.1. The minimum absolute atomic E-state index is 0.0938. The summed E-state index contributed by atoms with van der Waals surface area (Å²) in [4.78, 5) is 0. The van der Waals surface area contributed by atoms with Gasteiger partial charge in [0.2, 0.25) is 0 Å². The molecule has 0 aliphatic heterocycles. The van der Waals surface area contributed by atoms with E-state index in [1.54, 1.807) is 7.11 Å². The average Bonchev–Trinajstić information content (AvgIpc) is 2.30. The van der Waals surface area contributed by atoms with Crippen LogP contribution in [0.5, 0.6) is 0 Å². The Labute approximate surface area is 108 Å². The third kappa shape index (κ3) is 15.6. The van der Waals surface area contributed by atoms with E-state index in [4.69, 9.17) is 4.74 Å². The molecule has 0 aromatic carbocycles. The van der Waals surface area contributed by atoms with Gasteiger partial charge in [-0.3, -0.25) is 0 Å². The summed E-state index contributed by atoms with van der Waals surface area (Å²) >= 11 is 0. The Morgan fingerprint density at radius 1 is 0.833 bits per heavy atom. The van der Waals surface area contributed by atoms with Crippen molar-refractivity contribution in [3.05, 3.63) is 0 Å². The number of halogens is 4. The maximum Gasteiger partial charge on any atom is 0.418 e. The van der Waals surface area contributed by atoms with Crippen LogP contribution in [0.4, 0.5) is 17.6 Å². The van der Waals surface area contributed by atoms with E-state index in [1.165, 1.54) is 12.8 Å². The predicted octanol–water partition coefficient (Wildman–Crippen LogP) is 4.73. The zero-order valence-corrected chi connectivity index (χ0v) is 12.2. The van der Waals surface area contributed by atoms with Crippen molar-refractivity contribution >= 4 is 0 Å². The van der Waals surface area contributed by atoms with Gasteiger partial charge in [0, 0.05) is 27.8 Å². The quantitative estimate of drug-likeness (QED) is 0.677. The van der Waals surface area contributed by atoms with Crippen molar-refractivity contribution in [3.63, 3.8) is 0 Å². The molecule has 0 spiro atoms. The number of unbranched alkanes of at least 4 members (excludes halogenated alkanes) is 1. The Morgan fingerprint density at radius 2 is 1.22 bits per heavy atom. The molecule has 0 aliphatic carbocycles. The lowest BCUT2D eigenvalue weighted by Crippen LogP contribution is -2.39. The molecule has 18 heavy (non-hydrogen) atoms. The van der Waals surface area contributed by atoms with Crippen molar-refractivity contribution in [2.75, 3.05) is 20.8 Å². The fraction of sp³-hybridized carbons (Fsp3) is 1.00. The van der Waals surface area contributed by atoms with Crippen LogP contribution in [0.25, 0.3) is 0 Å². The second-order valence-corrected chi connectivity index (χ2v) is 3.60. The molecule has 0 saturated carbocycles. The fourth-order valence-electron chi connectivity index (χ4n) is 0.383. The number of alkyl halides is 4. The van der Waals surface area contributed by atoms with Crippen LogP contribution in [-0.4, -0.2) is 32.9 Å². The summed E-state index contributed by atoms with van der Waals surface area (Å²) in [6.45, 7) is 7.43. The van der Waals surface area contributed by atoms with Gasteiger partial charge in [0.1, 0.15) is 0 Å². The highest BCUT2D eigenvalue weighted by atomic mass is 19.3. The minimum Gasteiger partial charge on any atom is -0.385 e. The van der Waals surface area contributed by atoms with Gasteiger partial charge in [-0.15, -0.1) is 0 Å². The Hall–Kier alpha value is -0.360. The van der Waals surface area contributed by atoms with Crippen molar-refractivity contribution in [2.45, 2.75) is 59.0 Å². The molecular formula is C12H26F4O2. The summed E-state index contributed by atoms with van der Waals surface area (Å²) in [7, 11) is 2.24. The first kappa shape index (κ1) is 22.8. The summed E-state index contributed by atoms with van der Waals surface area (Å²) in [6.07, 6.45) is -0.594. The Morgan fingerprint density at radius 3 is 1.22 bits per heavy atom. The van der Waals surface area contributed by atoms with Crippen molar-refractivity contribution in [1.29, 1.82) is 0 Å². The third-order valence-electron chi connectivity index (χ3n) is 1.68. The molecule has 0 aromatic heterocycles. The maximum atomic E-state index is 11.7. The summed E-state index contributed by atoms with van der Waals surface area (Å²) in [5.74, 6) is -4.11. The molecule has 0 heterocycles. The molecule has 0 saturated heterocycles. The normalized spacial score (nSPS) is 11.0. The maximum absolute atomic E-state index is 11.7. The van der Waals surface area contributed by atoms with E-state index < -0.39 is 12.0 Å². The first-order valence-corrected chi connectivity index (χ1v) is 5.94. The first-order valence-electron chi connectivity index (χ1n) is 5.94. The van der Waals surface area contributed by atoms with Gasteiger partial charge < -0.3 is 9.47 Å². The molecule has 0 atom stereocenters. The molecule has 114 valence electrons. The molecule has 0 unspecified atom stereocenters. The van der Waals surface area contributed by atoms with Gasteiger partial charge in [0.05, 0.1) is 0 Å². The van der Waals surface area contributed by atoms with E-state index in [2.05, 4.69) is 25.5 Å². The van der Waals surface area contributed by atoms with Crippen LogP contribution in [0, 0.1) is 0 Å². The molecule has 0 bridgehead atoms. The van der Waals surface area contributed by atoms with Gasteiger partial charge in [-0.2, -0.15) is 17.6 Å². The van der Waals surface area contributed by atoms with Crippen LogP contribution < -0.4 is 0 Å². The van der Waals surface area contributed by atoms with Crippen LogP contribution in [0.1, 0.15) is 47.0 Å². The standard InChI is InChI=1S/C4H6F4O.C4H10O.C4H10/c1-3(5,6)4(7,8)9-2;1-3-4-5-2;1-3-4-2/h1-2H3;3-4H2,1-2H3;3-4H2,1-2H3. The predicted molar refractivity (Wildman–Crippen MR) is 65.3 cm³/mol. The molecule has 0 aliphatic rings. The van der Waals surface area contributed by atoms with Gasteiger partial charge in [-0.25, -0.2) is 0 Å². The van der Waals surface area contributed by atoms with Crippen molar-refractivity contribution < 1.29 is 27.0 Å². The second-order valence-electron chi connectivity index (χ2n) is 3.60. The lowest BCUT2D eigenvalue weighted by Gasteiger charge is -2.20. The van der Waals surface area contributed by atoms with Crippen LogP contribution in [0.15, 0.2) is 0 Å². The smallest absolute Gasteiger partial charge is 0.385 e. The summed E-state index contributed by atoms with van der Waals surface area (Å²) in [6, 6.07) is 0. The van der Waals surface area contributed by atoms with E-state index in [0.29, 0.717) is 7.11 Å². The topological polar surface area (TPSA) is 18.5 Å². The minimum atomic E-state index is -4.35. The third-order valence-corrected chi connectivity index (χ3v) is 1.68. The van der Waals surface area contributed by atoms with Gasteiger partial charge in [-0.1, -0.05) is 33.6 Å². The molecule has 0 fully saturated rings. The highest BCUT2D eigenvalue weighted by Crippen LogP contribution is 2.33. The molecule has 0 rings (SSSR count). The van der Waals surface area contributed by atoms with Crippen molar-refractivity contribution in [2.24, 2.45) is 0 Å². The van der Waals surface area contributed by atoms with Crippen molar-refractivity contribution in [3.8, 4) is 0 Å². The monoisotopic (exact) mass is 278 g/mol. The average molecular weight is 278 g/mol. The number of methoxy groups -OCH3 is 2. The highest BCUT2D eigenvalue weighted by molar-refractivity contribution is 4.69. The summed E-state index contributed by atoms with van der Waals surface area (Å²) < 4.78 is 54.5. The highest BCUT2D eigenvalue weighted by Gasteiger charge is 2.52. The van der Waals surface area contributed by atoms with Crippen molar-refractivity contribution in [1.82, 2.24) is 0 Å². The molecule has 6 heteroatoms. The van der Waals surface area contributed by atoms with E-state index in [-0.39, 0.29) is 6.92 Å². The van der Waals surface area contributed by atoms with Gasteiger partial charge >= 0.3 is 12.0 Å². The van der Waals surface area contributed by atoms with E-state index in [1.807, 2.05) is 0 Å². The van der Waals surface area contributed by atoms with E-state index in [0.717, 1.165) is 13.0 Å². The largest absolute Gasteiger partial charge is 0.418 e. The number of hydrogen-bond acceptors (Lipinski definition) is 2. The van der Waals surface area contributed by atoms with Crippen LogP contribution in [0.2, 0.25) is 0 Å². The van der Waals surface area contributed by atoms with Crippen LogP contribution >= 0.6 is 0 Å². The zero-order valence-electron chi connectivity index (χ0n) is 12.2. The van der Waals surface area contributed by atoms with E-state index >= 15 is 0 Å². The molecule has 0 radical (unpaired) electrons. The van der Waals surface area contributed by atoms with E-state index in [9.17, 15) is 17.6 Å². The Bertz CT molecular complexity index is 155. The number of hydrogen-bond donors (Lipinski definition) is 0. The lowest BCUT2D eigenvalue weighted by atomic mass is 10.4. The molecule has 0 aromatic rings. The molecule has 0 amide bonds. The van der Waals surface area contributed by atoms with Crippen LogP contribution in [-0.2, 0) is 9.47 Å². The lowest BCUT2D eigenvalue weighted by molar-refractivity contribution is -0.330. The van der Waals surface area contributed by atoms with Gasteiger partial charge in [0.25, 0.3) is 0 Å². The van der Waals surface area contributed by atoms with Gasteiger partial charge in [-0.05, 0) is 6.42 Å². The number of rotatable bonds is 5. The SMILES string of the molecule is CCCC.CCCOC.COC(F)(F)C(C)(F)F. The Balaban J connectivity index is -0.000000212. The Kier molecular flexibility index (Phi) is 16.6. The van der Waals surface area contributed by atoms with Crippen LogP contribution in [0.3, 0.4) is 0 Å². The number of ether oxygens (including phenoxy) is 2.